The molecule has 2 aromatic rings. The predicted molar refractivity (Wildman–Crippen MR) is 55.4 cm³/mol. The van der Waals surface area contributed by atoms with Gasteiger partial charge in [-0.05, 0) is 19.1 Å². The number of alkyl halides is 3. The molecule has 0 radical (unpaired) electrons. The van der Waals surface area contributed by atoms with Gasteiger partial charge in [0.05, 0.1) is 5.56 Å². The van der Waals surface area contributed by atoms with Crippen molar-refractivity contribution in [1.29, 1.82) is 0 Å². The monoisotopic (exact) mass is 229 g/mol. The van der Waals surface area contributed by atoms with Crippen molar-refractivity contribution in [3.63, 3.8) is 0 Å². The molecule has 0 saturated heterocycles. The standard InChI is InChI=1S/C10H10F3N3/c1-5-7-3-6(14-2)4-8(10(11,12)13)9(7)16-15-5/h3-4,14H,1-2H3,(H,15,16). The highest BCUT2D eigenvalue weighted by molar-refractivity contribution is 5.88. The molecule has 0 aliphatic carbocycles. The van der Waals surface area contributed by atoms with Crippen LogP contribution >= 0.6 is 0 Å². The van der Waals surface area contributed by atoms with Crippen LogP contribution in [0.15, 0.2) is 12.1 Å². The van der Waals surface area contributed by atoms with E-state index in [4.69, 9.17) is 0 Å². The van der Waals surface area contributed by atoms with Crippen LogP contribution in [0, 0.1) is 6.92 Å². The van der Waals surface area contributed by atoms with Crippen molar-refractivity contribution in [2.75, 3.05) is 12.4 Å². The molecule has 6 heteroatoms. The molecule has 0 saturated carbocycles. The van der Waals surface area contributed by atoms with E-state index in [2.05, 4.69) is 15.5 Å². The molecule has 0 spiro atoms. The third-order valence-electron chi connectivity index (χ3n) is 2.44. The average Bonchev–Trinajstić information content (AvgIpc) is 2.58. The molecule has 0 amide bonds. The highest BCUT2D eigenvalue weighted by atomic mass is 19.4. The molecule has 16 heavy (non-hydrogen) atoms. The lowest BCUT2D eigenvalue weighted by atomic mass is 10.1. The fourth-order valence-corrected chi connectivity index (χ4v) is 1.60. The highest BCUT2D eigenvalue weighted by Crippen LogP contribution is 2.36. The molecule has 0 aliphatic heterocycles. The second-order valence-electron chi connectivity index (χ2n) is 3.52. The molecular weight excluding hydrogens is 219 g/mol. The molecular formula is C10H10F3N3. The highest BCUT2D eigenvalue weighted by Gasteiger charge is 2.34. The lowest BCUT2D eigenvalue weighted by Gasteiger charge is -2.09. The summed E-state index contributed by atoms with van der Waals surface area (Å²) >= 11 is 0. The zero-order valence-corrected chi connectivity index (χ0v) is 8.74. The normalized spacial score (nSPS) is 12.1. The van der Waals surface area contributed by atoms with Crippen molar-refractivity contribution < 1.29 is 13.2 Å². The van der Waals surface area contributed by atoms with Gasteiger partial charge in [-0.1, -0.05) is 0 Å². The number of aromatic amines is 1. The van der Waals surface area contributed by atoms with E-state index >= 15 is 0 Å². The van der Waals surface area contributed by atoms with Crippen LogP contribution in [0.2, 0.25) is 0 Å². The van der Waals surface area contributed by atoms with Crippen molar-refractivity contribution >= 4 is 16.6 Å². The van der Waals surface area contributed by atoms with Crippen molar-refractivity contribution in [2.24, 2.45) is 0 Å². The van der Waals surface area contributed by atoms with Gasteiger partial charge in [0.15, 0.2) is 0 Å². The second kappa shape index (κ2) is 3.40. The maximum absolute atomic E-state index is 12.8. The van der Waals surface area contributed by atoms with E-state index in [1.54, 1.807) is 20.0 Å². The van der Waals surface area contributed by atoms with Crippen LogP contribution in [0.3, 0.4) is 0 Å². The Morgan fingerprint density at radius 2 is 2.00 bits per heavy atom. The fourth-order valence-electron chi connectivity index (χ4n) is 1.60. The number of nitrogens with one attached hydrogen (secondary N) is 2. The molecule has 2 N–H and O–H groups in total. The molecule has 0 atom stereocenters. The van der Waals surface area contributed by atoms with Gasteiger partial charge in [0.1, 0.15) is 5.52 Å². The van der Waals surface area contributed by atoms with Gasteiger partial charge in [-0.15, -0.1) is 0 Å². The molecule has 86 valence electrons. The summed E-state index contributed by atoms with van der Waals surface area (Å²) in [5.74, 6) is 0. The maximum Gasteiger partial charge on any atom is 0.418 e. The minimum atomic E-state index is -4.40. The number of hydrogen-bond acceptors (Lipinski definition) is 2. The largest absolute Gasteiger partial charge is 0.418 e. The van der Waals surface area contributed by atoms with Gasteiger partial charge >= 0.3 is 6.18 Å². The average molecular weight is 229 g/mol. The van der Waals surface area contributed by atoms with Crippen LogP contribution in [0.5, 0.6) is 0 Å². The van der Waals surface area contributed by atoms with Gasteiger partial charge in [-0.3, -0.25) is 5.10 Å². The van der Waals surface area contributed by atoms with Crippen LogP contribution in [-0.4, -0.2) is 17.2 Å². The van der Waals surface area contributed by atoms with Gasteiger partial charge in [0.2, 0.25) is 0 Å². The molecule has 3 nitrogen and oxygen atoms in total. The third-order valence-corrected chi connectivity index (χ3v) is 2.44. The minimum absolute atomic E-state index is 0.0380. The Morgan fingerprint density at radius 1 is 1.31 bits per heavy atom. The Balaban J connectivity index is 2.80. The molecule has 0 unspecified atom stereocenters. The van der Waals surface area contributed by atoms with Crippen molar-refractivity contribution in [3.05, 3.63) is 23.4 Å². The summed E-state index contributed by atoms with van der Waals surface area (Å²) in [5.41, 5.74) is 0.282. The Labute approximate surface area is 89.7 Å². The number of aryl methyl sites for hydroxylation is 1. The maximum atomic E-state index is 12.8. The number of aromatic nitrogens is 2. The van der Waals surface area contributed by atoms with Gasteiger partial charge in [0.25, 0.3) is 0 Å². The van der Waals surface area contributed by atoms with Crippen molar-refractivity contribution in [2.45, 2.75) is 13.1 Å². The zero-order chi connectivity index (χ0) is 11.9. The van der Waals surface area contributed by atoms with Gasteiger partial charge < -0.3 is 5.32 Å². The van der Waals surface area contributed by atoms with Crippen LogP contribution in [0.1, 0.15) is 11.3 Å². The second-order valence-corrected chi connectivity index (χ2v) is 3.52. The summed E-state index contributed by atoms with van der Waals surface area (Å²) in [4.78, 5) is 0. The van der Waals surface area contributed by atoms with Crippen LogP contribution in [0.4, 0.5) is 18.9 Å². The first kappa shape index (κ1) is 10.8. The lowest BCUT2D eigenvalue weighted by Crippen LogP contribution is -2.06. The number of halogens is 3. The molecule has 2 rings (SSSR count). The number of rotatable bonds is 1. The molecule has 0 bridgehead atoms. The number of H-pyrrole nitrogens is 1. The summed E-state index contributed by atoms with van der Waals surface area (Å²) in [6, 6.07) is 2.70. The summed E-state index contributed by atoms with van der Waals surface area (Å²) in [6.45, 7) is 1.69. The van der Waals surface area contributed by atoms with Gasteiger partial charge in [-0.2, -0.15) is 18.3 Å². The first-order chi connectivity index (χ1) is 7.43. The quantitative estimate of drug-likeness (QED) is 0.789. The number of nitrogens with zero attached hydrogens (tertiary/aromatic N) is 1. The topological polar surface area (TPSA) is 40.7 Å². The van der Waals surface area contributed by atoms with Crippen LogP contribution < -0.4 is 5.32 Å². The summed E-state index contributed by atoms with van der Waals surface area (Å²) in [5, 5.41) is 9.44. The van der Waals surface area contributed by atoms with Gasteiger partial charge in [-0.25, -0.2) is 0 Å². The zero-order valence-electron chi connectivity index (χ0n) is 8.74. The fraction of sp³-hybridized carbons (Fsp3) is 0.300. The molecule has 0 fully saturated rings. The van der Waals surface area contributed by atoms with E-state index in [1.807, 2.05) is 0 Å². The van der Waals surface area contributed by atoms with E-state index in [-0.39, 0.29) is 5.52 Å². The first-order valence-corrected chi connectivity index (χ1v) is 4.67. The number of hydrogen-bond donors (Lipinski definition) is 2. The Bertz CT molecular complexity index is 528. The SMILES string of the molecule is CNc1cc(C(F)(F)F)c2n[nH]c(C)c2c1. The van der Waals surface area contributed by atoms with E-state index in [9.17, 15) is 13.2 Å². The van der Waals surface area contributed by atoms with E-state index in [0.717, 1.165) is 6.07 Å². The van der Waals surface area contributed by atoms with E-state index in [0.29, 0.717) is 16.8 Å². The molecule has 1 aromatic heterocycles. The van der Waals surface area contributed by atoms with E-state index in [1.165, 1.54) is 0 Å². The minimum Gasteiger partial charge on any atom is -0.388 e. The Hall–Kier alpha value is -1.72. The lowest BCUT2D eigenvalue weighted by molar-refractivity contribution is -0.136. The summed E-state index contributed by atoms with van der Waals surface area (Å²) in [6.07, 6.45) is -4.40. The van der Waals surface area contributed by atoms with Crippen molar-refractivity contribution in [3.8, 4) is 0 Å². The van der Waals surface area contributed by atoms with Crippen LogP contribution in [0.25, 0.3) is 10.9 Å². The van der Waals surface area contributed by atoms with Gasteiger partial charge in [0, 0.05) is 23.8 Å². The Morgan fingerprint density at radius 3 is 2.56 bits per heavy atom. The Kier molecular flexibility index (Phi) is 2.29. The summed E-state index contributed by atoms with van der Waals surface area (Å²) < 4.78 is 38.3. The van der Waals surface area contributed by atoms with Crippen LogP contribution in [-0.2, 0) is 6.18 Å². The molecule has 1 aromatic carbocycles. The van der Waals surface area contributed by atoms with E-state index < -0.39 is 11.7 Å². The molecule has 1 heterocycles. The number of fused-ring (bicyclic) bond motifs is 1. The predicted octanol–water partition coefficient (Wildman–Crippen LogP) is 2.93. The third kappa shape index (κ3) is 1.60. The first-order valence-electron chi connectivity index (χ1n) is 4.67. The van der Waals surface area contributed by atoms with Crippen molar-refractivity contribution in [1.82, 2.24) is 10.2 Å². The summed E-state index contributed by atoms with van der Waals surface area (Å²) in [7, 11) is 1.58. The molecule has 0 aliphatic rings. The number of anilines is 1. The smallest absolute Gasteiger partial charge is 0.388 e. The number of benzene rings is 1.